The molecule has 0 fully saturated rings. The Kier molecular flexibility index (Phi) is 2.30. The van der Waals surface area contributed by atoms with E-state index >= 15 is 0 Å². The van der Waals surface area contributed by atoms with Gasteiger partial charge in [0.1, 0.15) is 0 Å². The summed E-state index contributed by atoms with van der Waals surface area (Å²) in [6.07, 6.45) is 0.521. The van der Waals surface area contributed by atoms with Crippen molar-refractivity contribution < 1.29 is 9.31 Å². The van der Waals surface area contributed by atoms with E-state index in [0.717, 1.165) is 5.69 Å². The van der Waals surface area contributed by atoms with Gasteiger partial charge >= 0.3 is 5.69 Å². The summed E-state index contributed by atoms with van der Waals surface area (Å²) >= 11 is 0. The fourth-order valence-corrected chi connectivity index (χ4v) is 1.87. The van der Waals surface area contributed by atoms with E-state index in [2.05, 4.69) is 0 Å². The lowest BCUT2D eigenvalue weighted by atomic mass is 10.1. The number of benzene rings is 1. The van der Waals surface area contributed by atoms with Gasteiger partial charge in [0.05, 0.1) is 4.92 Å². The Balaban J connectivity index is 2.52. The maximum Gasteiger partial charge on any atom is 0.305 e. The molecular formula is C10H10FN2O2. The highest BCUT2D eigenvalue weighted by Crippen LogP contribution is 2.34. The average molecular weight is 209 g/mol. The first kappa shape index (κ1) is 9.89. The summed E-state index contributed by atoms with van der Waals surface area (Å²) in [5.41, 5.74) is 0.745. The van der Waals surface area contributed by atoms with E-state index in [1.54, 1.807) is 6.07 Å². The highest BCUT2D eigenvalue weighted by molar-refractivity contribution is 5.63. The monoisotopic (exact) mass is 209 g/mol. The summed E-state index contributed by atoms with van der Waals surface area (Å²) in [6, 6.07) is 2.82. The molecule has 0 amide bonds. The number of fused-ring (bicyclic) bond motifs is 1. The van der Waals surface area contributed by atoms with Crippen LogP contribution in [0.4, 0.5) is 15.8 Å². The third-order valence-corrected chi connectivity index (χ3v) is 2.62. The maximum absolute atomic E-state index is 13.7. The lowest BCUT2D eigenvalue weighted by Gasteiger charge is -2.15. The number of nitrogens with zero attached hydrogens (tertiary/aromatic N) is 2. The number of halogens is 1. The van der Waals surface area contributed by atoms with Crippen molar-refractivity contribution in [2.24, 2.45) is 0 Å². The van der Waals surface area contributed by atoms with E-state index in [1.807, 2.05) is 18.4 Å². The zero-order chi connectivity index (χ0) is 11.0. The number of hydrogen-bond acceptors (Lipinski definition) is 3. The predicted octanol–water partition coefficient (Wildman–Crippen LogP) is 2.28. The average Bonchev–Trinajstić information content (AvgIpc) is 2.61. The Morgan fingerprint density at radius 1 is 1.60 bits per heavy atom. The molecule has 1 aliphatic heterocycles. The van der Waals surface area contributed by atoms with Crippen LogP contribution < -0.4 is 4.90 Å². The molecule has 1 aromatic rings. The molecule has 79 valence electrons. The molecule has 0 N–H and O–H groups in total. The normalized spacial score (nSPS) is 14.1. The molecule has 1 radical (unpaired) electrons. The topological polar surface area (TPSA) is 46.4 Å². The van der Waals surface area contributed by atoms with Crippen molar-refractivity contribution >= 4 is 11.4 Å². The molecule has 0 unspecified atom stereocenters. The van der Waals surface area contributed by atoms with Gasteiger partial charge in [-0.1, -0.05) is 0 Å². The van der Waals surface area contributed by atoms with Crippen molar-refractivity contribution in [2.45, 2.75) is 13.3 Å². The molecule has 1 aliphatic rings. The molecule has 15 heavy (non-hydrogen) atoms. The Morgan fingerprint density at radius 3 is 2.93 bits per heavy atom. The summed E-state index contributed by atoms with van der Waals surface area (Å²) in [6.45, 7) is 4.38. The van der Waals surface area contributed by atoms with Crippen molar-refractivity contribution in [3.63, 3.8) is 0 Å². The summed E-state index contributed by atoms with van der Waals surface area (Å²) in [5, 5.41) is 10.5. The molecule has 0 aliphatic carbocycles. The van der Waals surface area contributed by atoms with Gasteiger partial charge in [-0.3, -0.25) is 10.1 Å². The smallest absolute Gasteiger partial charge is 0.305 e. The molecule has 0 saturated carbocycles. The summed E-state index contributed by atoms with van der Waals surface area (Å²) in [4.78, 5) is 11.7. The molecule has 5 heteroatoms. The van der Waals surface area contributed by atoms with Gasteiger partial charge in [0.25, 0.3) is 0 Å². The van der Waals surface area contributed by atoms with Crippen LogP contribution in [0.25, 0.3) is 0 Å². The Labute approximate surface area is 86.5 Å². The zero-order valence-corrected chi connectivity index (χ0v) is 8.24. The van der Waals surface area contributed by atoms with E-state index < -0.39 is 16.4 Å². The van der Waals surface area contributed by atoms with Crippen LogP contribution in [0.1, 0.15) is 12.5 Å². The van der Waals surface area contributed by atoms with E-state index in [1.165, 1.54) is 6.07 Å². The standard InChI is InChI=1S/C10H10FN2O2/c1-2-12-6-5-7-8(12)3-4-9(10(7)11)13(14)15/h2-4H,5-6H2,1H3. The van der Waals surface area contributed by atoms with Gasteiger partial charge in [-0.2, -0.15) is 4.39 Å². The number of hydrogen-bond donors (Lipinski definition) is 0. The van der Waals surface area contributed by atoms with Crippen molar-refractivity contribution in [1.82, 2.24) is 0 Å². The zero-order valence-electron chi connectivity index (χ0n) is 8.24. The van der Waals surface area contributed by atoms with Crippen LogP contribution in [0.2, 0.25) is 0 Å². The third kappa shape index (κ3) is 1.44. The molecule has 1 aromatic carbocycles. The van der Waals surface area contributed by atoms with Crippen LogP contribution in [-0.4, -0.2) is 11.5 Å². The molecule has 1 heterocycles. The van der Waals surface area contributed by atoms with Crippen molar-refractivity contribution in [3.8, 4) is 0 Å². The molecule has 2 rings (SSSR count). The Morgan fingerprint density at radius 2 is 2.33 bits per heavy atom. The number of nitro benzene ring substituents is 1. The number of rotatable bonds is 2. The van der Waals surface area contributed by atoms with Crippen LogP contribution >= 0.6 is 0 Å². The lowest BCUT2D eigenvalue weighted by Crippen LogP contribution is -2.14. The minimum absolute atomic E-state index is 0.438. The first-order chi connectivity index (χ1) is 7.15. The molecule has 0 saturated heterocycles. The minimum atomic E-state index is -0.693. The second-order valence-corrected chi connectivity index (χ2v) is 3.36. The maximum atomic E-state index is 13.7. The summed E-state index contributed by atoms with van der Waals surface area (Å²) in [5.74, 6) is -0.693. The van der Waals surface area contributed by atoms with E-state index in [4.69, 9.17) is 0 Å². The van der Waals surface area contributed by atoms with Gasteiger partial charge in [-0.05, 0) is 19.4 Å². The fraction of sp³-hybridized carbons (Fsp3) is 0.300. The van der Waals surface area contributed by atoms with Crippen molar-refractivity contribution in [1.29, 1.82) is 0 Å². The van der Waals surface area contributed by atoms with Gasteiger partial charge in [-0.15, -0.1) is 0 Å². The molecular weight excluding hydrogens is 199 g/mol. The quantitative estimate of drug-likeness (QED) is 0.554. The van der Waals surface area contributed by atoms with Crippen LogP contribution in [0.15, 0.2) is 12.1 Å². The molecule has 0 aromatic heterocycles. The second-order valence-electron chi connectivity index (χ2n) is 3.36. The van der Waals surface area contributed by atoms with Crippen LogP contribution in [-0.2, 0) is 6.42 Å². The molecule has 0 atom stereocenters. The highest BCUT2D eigenvalue weighted by atomic mass is 19.1. The Bertz CT molecular complexity index is 420. The second kappa shape index (κ2) is 3.49. The number of anilines is 1. The van der Waals surface area contributed by atoms with Gasteiger partial charge < -0.3 is 4.90 Å². The summed E-state index contributed by atoms with van der Waals surface area (Å²) < 4.78 is 13.7. The van der Waals surface area contributed by atoms with Gasteiger partial charge in [0.15, 0.2) is 0 Å². The Hall–Kier alpha value is -1.65. The number of nitro groups is 1. The molecule has 0 bridgehead atoms. The minimum Gasteiger partial charge on any atom is -0.366 e. The lowest BCUT2D eigenvalue weighted by molar-refractivity contribution is -0.387. The van der Waals surface area contributed by atoms with Crippen molar-refractivity contribution in [2.75, 3.05) is 11.4 Å². The highest BCUT2D eigenvalue weighted by Gasteiger charge is 2.27. The molecule has 0 spiro atoms. The van der Waals surface area contributed by atoms with E-state index in [-0.39, 0.29) is 0 Å². The van der Waals surface area contributed by atoms with E-state index in [9.17, 15) is 14.5 Å². The first-order valence-electron chi connectivity index (χ1n) is 4.67. The van der Waals surface area contributed by atoms with Crippen LogP contribution in [0.5, 0.6) is 0 Å². The first-order valence-corrected chi connectivity index (χ1v) is 4.67. The van der Waals surface area contributed by atoms with Crippen molar-refractivity contribution in [3.05, 3.63) is 40.2 Å². The van der Waals surface area contributed by atoms with Crippen LogP contribution in [0, 0.1) is 22.5 Å². The van der Waals surface area contributed by atoms with Crippen LogP contribution in [0.3, 0.4) is 0 Å². The van der Waals surface area contributed by atoms with Gasteiger partial charge in [0, 0.05) is 30.4 Å². The van der Waals surface area contributed by atoms with E-state index in [0.29, 0.717) is 18.5 Å². The van der Waals surface area contributed by atoms with Gasteiger partial charge in [-0.25, -0.2) is 0 Å². The third-order valence-electron chi connectivity index (χ3n) is 2.62. The largest absolute Gasteiger partial charge is 0.366 e. The molecule has 4 nitrogen and oxygen atoms in total. The van der Waals surface area contributed by atoms with Gasteiger partial charge in [0.2, 0.25) is 5.82 Å². The SMILES string of the molecule is C[CH]N1CCc2c1ccc([N+](=O)[O-])c2F. The fourth-order valence-electron chi connectivity index (χ4n) is 1.87. The predicted molar refractivity (Wildman–Crippen MR) is 54.1 cm³/mol. The summed E-state index contributed by atoms with van der Waals surface area (Å²) in [7, 11) is 0.